The predicted molar refractivity (Wildman–Crippen MR) is 75.0 cm³/mol. The molecule has 0 aliphatic heterocycles. The number of carbonyl (C=O) groups excluding carboxylic acids is 1. The summed E-state index contributed by atoms with van der Waals surface area (Å²) in [6, 6.07) is 9.68. The number of hydrogen-bond acceptors (Lipinski definition) is 2. The average molecular weight is 263 g/mol. The molecule has 0 aliphatic rings. The van der Waals surface area contributed by atoms with Gasteiger partial charge in [-0.1, -0.05) is 25.1 Å². The van der Waals surface area contributed by atoms with Crippen LogP contribution in [-0.4, -0.2) is 16.8 Å². The highest BCUT2D eigenvalue weighted by atomic mass is 35.5. The third-order valence-corrected chi connectivity index (χ3v) is 3.26. The largest absolute Gasteiger partial charge is 0.324 e. The molecular weight excluding hydrogens is 248 g/mol. The van der Waals surface area contributed by atoms with Crippen LogP contribution in [0.15, 0.2) is 30.3 Å². The standard InChI is InChI=1S/C14H15ClN2O/c1-9(8-15)14(18)17-12-5-3-4-11-7-6-10(2)16-13(11)12/h3-7,9H,8H2,1-2H3,(H,17,18). The van der Waals surface area contributed by atoms with Crippen LogP contribution in [0.5, 0.6) is 0 Å². The molecule has 1 aromatic heterocycles. The number of anilines is 1. The maximum atomic E-state index is 11.8. The Kier molecular flexibility index (Phi) is 3.82. The van der Waals surface area contributed by atoms with Gasteiger partial charge >= 0.3 is 0 Å². The molecule has 0 radical (unpaired) electrons. The molecule has 1 heterocycles. The fourth-order valence-electron chi connectivity index (χ4n) is 1.67. The first-order chi connectivity index (χ1) is 8.61. The van der Waals surface area contributed by atoms with E-state index in [2.05, 4.69) is 10.3 Å². The lowest BCUT2D eigenvalue weighted by molar-refractivity contribution is -0.118. The lowest BCUT2D eigenvalue weighted by Crippen LogP contribution is -2.21. The summed E-state index contributed by atoms with van der Waals surface area (Å²) in [7, 11) is 0. The highest BCUT2D eigenvalue weighted by molar-refractivity contribution is 6.19. The number of para-hydroxylation sites is 1. The smallest absolute Gasteiger partial charge is 0.228 e. The number of alkyl halides is 1. The van der Waals surface area contributed by atoms with Crippen LogP contribution in [0.1, 0.15) is 12.6 Å². The highest BCUT2D eigenvalue weighted by Gasteiger charge is 2.13. The van der Waals surface area contributed by atoms with Gasteiger partial charge in [0.2, 0.25) is 5.91 Å². The molecule has 0 saturated carbocycles. The van der Waals surface area contributed by atoms with Gasteiger partial charge < -0.3 is 5.32 Å². The second kappa shape index (κ2) is 5.36. The minimum atomic E-state index is -0.216. The zero-order valence-corrected chi connectivity index (χ0v) is 11.2. The summed E-state index contributed by atoms with van der Waals surface area (Å²) in [5.41, 5.74) is 2.47. The first-order valence-corrected chi connectivity index (χ1v) is 6.38. The zero-order valence-electron chi connectivity index (χ0n) is 10.4. The van der Waals surface area contributed by atoms with Crippen LogP contribution in [-0.2, 0) is 4.79 Å². The number of carbonyl (C=O) groups is 1. The van der Waals surface area contributed by atoms with Crippen molar-refractivity contribution in [2.75, 3.05) is 11.2 Å². The molecule has 4 heteroatoms. The van der Waals surface area contributed by atoms with E-state index in [-0.39, 0.29) is 11.8 Å². The molecule has 94 valence electrons. The molecule has 1 atom stereocenters. The van der Waals surface area contributed by atoms with E-state index in [1.807, 2.05) is 37.3 Å². The fourth-order valence-corrected chi connectivity index (χ4v) is 1.81. The normalized spacial score (nSPS) is 12.4. The first-order valence-electron chi connectivity index (χ1n) is 5.85. The van der Waals surface area contributed by atoms with Crippen molar-refractivity contribution in [3.8, 4) is 0 Å². The molecular formula is C14H15ClN2O. The van der Waals surface area contributed by atoms with Gasteiger partial charge in [-0.25, -0.2) is 0 Å². The Balaban J connectivity index is 2.39. The summed E-state index contributed by atoms with van der Waals surface area (Å²) >= 11 is 5.68. The third-order valence-electron chi connectivity index (χ3n) is 2.80. The molecule has 0 saturated heterocycles. The average Bonchev–Trinajstić information content (AvgIpc) is 2.38. The SMILES string of the molecule is Cc1ccc2cccc(NC(=O)C(C)CCl)c2n1. The van der Waals surface area contributed by atoms with E-state index in [0.717, 1.165) is 22.3 Å². The molecule has 1 N–H and O–H groups in total. The second-order valence-electron chi connectivity index (χ2n) is 4.37. The van der Waals surface area contributed by atoms with Crippen molar-refractivity contribution < 1.29 is 4.79 Å². The fraction of sp³-hybridized carbons (Fsp3) is 0.286. The highest BCUT2D eigenvalue weighted by Crippen LogP contribution is 2.22. The Labute approximate surface area is 111 Å². The number of fused-ring (bicyclic) bond motifs is 1. The van der Waals surface area contributed by atoms with Gasteiger partial charge in [0.25, 0.3) is 0 Å². The van der Waals surface area contributed by atoms with Gasteiger partial charge in [-0.05, 0) is 19.1 Å². The summed E-state index contributed by atoms with van der Waals surface area (Å²) in [5.74, 6) is 0.0100. The van der Waals surface area contributed by atoms with Crippen molar-refractivity contribution in [1.82, 2.24) is 4.98 Å². The van der Waals surface area contributed by atoms with Gasteiger partial charge in [-0.3, -0.25) is 9.78 Å². The van der Waals surface area contributed by atoms with E-state index >= 15 is 0 Å². The minimum absolute atomic E-state index is 0.0826. The van der Waals surface area contributed by atoms with E-state index in [1.165, 1.54) is 0 Å². The lowest BCUT2D eigenvalue weighted by Gasteiger charge is -2.11. The second-order valence-corrected chi connectivity index (χ2v) is 4.68. The Morgan fingerprint density at radius 3 is 2.89 bits per heavy atom. The number of nitrogens with one attached hydrogen (secondary N) is 1. The maximum absolute atomic E-state index is 11.8. The summed E-state index contributed by atoms with van der Waals surface area (Å²) in [5, 5.41) is 3.89. The van der Waals surface area contributed by atoms with Crippen LogP contribution in [0.2, 0.25) is 0 Å². The number of benzene rings is 1. The van der Waals surface area contributed by atoms with E-state index in [4.69, 9.17) is 11.6 Å². The topological polar surface area (TPSA) is 42.0 Å². The third kappa shape index (κ3) is 2.62. The summed E-state index contributed by atoms with van der Waals surface area (Å²) < 4.78 is 0. The molecule has 1 unspecified atom stereocenters. The summed E-state index contributed by atoms with van der Waals surface area (Å²) in [6.45, 7) is 3.73. The molecule has 2 rings (SSSR count). The van der Waals surface area contributed by atoms with E-state index in [1.54, 1.807) is 6.92 Å². The maximum Gasteiger partial charge on any atom is 0.228 e. The number of rotatable bonds is 3. The van der Waals surface area contributed by atoms with Gasteiger partial charge in [0.05, 0.1) is 11.2 Å². The monoisotopic (exact) mass is 262 g/mol. The van der Waals surface area contributed by atoms with Crippen LogP contribution in [0.4, 0.5) is 5.69 Å². The molecule has 18 heavy (non-hydrogen) atoms. The Hall–Kier alpha value is -1.61. The van der Waals surface area contributed by atoms with Crippen molar-refractivity contribution in [2.45, 2.75) is 13.8 Å². The number of aryl methyl sites for hydroxylation is 1. The van der Waals surface area contributed by atoms with Crippen LogP contribution in [0.25, 0.3) is 10.9 Å². The number of amides is 1. The molecule has 0 spiro atoms. The van der Waals surface area contributed by atoms with Crippen molar-refractivity contribution in [1.29, 1.82) is 0 Å². The van der Waals surface area contributed by atoms with Crippen LogP contribution >= 0.6 is 11.6 Å². The van der Waals surface area contributed by atoms with Crippen molar-refractivity contribution in [2.24, 2.45) is 5.92 Å². The molecule has 1 aromatic carbocycles. The summed E-state index contributed by atoms with van der Waals surface area (Å²) in [4.78, 5) is 16.3. The van der Waals surface area contributed by atoms with Crippen molar-refractivity contribution in [3.63, 3.8) is 0 Å². The van der Waals surface area contributed by atoms with Gasteiger partial charge in [0.15, 0.2) is 0 Å². The van der Waals surface area contributed by atoms with Gasteiger partial charge in [0, 0.05) is 22.9 Å². The van der Waals surface area contributed by atoms with Gasteiger partial charge in [-0.2, -0.15) is 0 Å². The summed E-state index contributed by atoms with van der Waals surface area (Å²) in [6.07, 6.45) is 0. The molecule has 1 amide bonds. The Bertz CT molecular complexity index is 583. The van der Waals surface area contributed by atoms with Crippen LogP contribution < -0.4 is 5.32 Å². The van der Waals surface area contributed by atoms with E-state index in [0.29, 0.717) is 5.88 Å². The van der Waals surface area contributed by atoms with Crippen LogP contribution in [0, 0.1) is 12.8 Å². The van der Waals surface area contributed by atoms with E-state index in [9.17, 15) is 4.79 Å². The van der Waals surface area contributed by atoms with Crippen LogP contribution in [0.3, 0.4) is 0 Å². The van der Waals surface area contributed by atoms with Crippen molar-refractivity contribution in [3.05, 3.63) is 36.0 Å². The van der Waals surface area contributed by atoms with E-state index < -0.39 is 0 Å². The van der Waals surface area contributed by atoms with Gasteiger partial charge in [-0.15, -0.1) is 11.6 Å². The first kappa shape index (κ1) is 12.8. The minimum Gasteiger partial charge on any atom is -0.324 e. The molecule has 0 fully saturated rings. The zero-order chi connectivity index (χ0) is 13.1. The number of nitrogens with zero attached hydrogens (tertiary/aromatic N) is 1. The molecule has 2 aromatic rings. The number of halogens is 1. The van der Waals surface area contributed by atoms with Crippen molar-refractivity contribution >= 4 is 34.1 Å². The molecule has 0 bridgehead atoms. The molecule has 3 nitrogen and oxygen atoms in total. The van der Waals surface area contributed by atoms with Gasteiger partial charge in [0.1, 0.15) is 0 Å². The Morgan fingerprint density at radius 1 is 1.39 bits per heavy atom. The number of hydrogen-bond donors (Lipinski definition) is 1. The number of pyridine rings is 1. The predicted octanol–water partition coefficient (Wildman–Crippen LogP) is 3.36. The quantitative estimate of drug-likeness (QED) is 0.862. The number of aromatic nitrogens is 1. The molecule has 0 aliphatic carbocycles. The Morgan fingerprint density at radius 2 is 2.17 bits per heavy atom. The lowest BCUT2D eigenvalue weighted by atomic mass is 10.1.